The average Bonchev–Trinajstić information content (AvgIpc) is 3.32. The molecule has 6 nitrogen and oxygen atoms in total. The number of aromatic nitrogens is 2. The molecule has 138 valence electrons. The molecule has 1 atom stereocenters. The highest BCUT2D eigenvalue weighted by Crippen LogP contribution is 2.29. The largest absolute Gasteiger partial charge is 0.350 e. The molecule has 0 unspecified atom stereocenters. The van der Waals surface area contributed by atoms with Crippen molar-refractivity contribution in [3.63, 3.8) is 0 Å². The third kappa shape index (κ3) is 3.08. The number of carbonyl (C=O) groups excluding carboxylic acids is 2. The highest BCUT2D eigenvalue weighted by Gasteiger charge is 2.38. The van der Waals surface area contributed by atoms with Gasteiger partial charge in [-0.25, -0.2) is 0 Å². The Hall–Kier alpha value is -2.37. The van der Waals surface area contributed by atoms with Crippen molar-refractivity contribution in [3.8, 4) is 0 Å². The van der Waals surface area contributed by atoms with Gasteiger partial charge in [-0.3, -0.25) is 14.3 Å². The normalized spacial score (nSPS) is 21.1. The number of nitrogens with one attached hydrogen (secondary N) is 1. The Bertz CT molecular complexity index is 851. The van der Waals surface area contributed by atoms with E-state index in [4.69, 9.17) is 0 Å². The molecule has 1 aromatic heterocycles. The number of aryl methyl sites for hydroxylation is 2. The van der Waals surface area contributed by atoms with Crippen LogP contribution in [0.5, 0.6) is 0 Å². The summed E-state index contributed by atoms with van der Waals surface area (Å²) in [6, 6.07) is 6.57. The van der Waals surface area contributed by atoms with Gasteiger partial charge in [0.2, 0.25) is 11.8 Å². The van der Waals surface area contributed by atoms with E-state index in [0.29, 0.717) is 25.6 Å². The van der Waals surface area contributed by atoms with E-state index < -0.39 is 0 Å². The first-order valence-electron chi connectivity index (χ1n) is 9.52. The SMILES string of the molecule is Cc1ccc2c(c1)c(CNC(=O)[C@@H]1CC(=O)N(C3CCCC3)C1)nn2C. The summed E-state index contributed by atoms with van der Waals surface area (Å²) in [7, 11) is 1.91. The van der Waals surface area contributed by atoms with E-state index in [1.165, 1.54) is 18.4 Å². The number of rotatable bonds is 4. The molecular weight excluding hydrogens is 328 g/mol. The number of amides is 2. The van der Waals surface area contributed by atoms with Crippen molar-refractivity contribution in [3.05, 3.63) is 29.5 Å². The molecule has 1 aromatic carbocycles. The smallest absolute Gasteiger partial charge is 0.225 e. The van der Waals surface area contributed by atoms with Crippen molar-refractivity contribution < 1.29 is 9.59 Å². The average molecular weight is 354 g/mol. The number of likely N-dealkylation sites (tertiary alicyclic amines) is 1. The Balaban J connectivity index is 1.41. The van der Waals surface area contributed by atoms with Gasteiger partial charge in [-0.15, -0.1) is 0 Å². The van der Waals surface area contributed by atoms with E-state index in [1.807, 2.05) is 16.6 Å². The van der Waals surface area contributed by atoms with E-state index in [9.17, 15) is 9.59 Å². The quantitative estimate of drug-likeness (QED) is 0.916. The van der Waals surface area contributed by atoms with Gasteiger partial charge in [0.15, 0.2) is 0 Å². The van der Waals surface area contributed by atoms with Gasteiger partial charge in [0, 0.05) is 31.4 Å². The van der Waals surface area contributed by atoms with Crippen LogP contribution in [-0.4, -0.2) is 39.1 Å². The van der Waals surface area contributed by atoms with Gasteiger partial charge in [-0.05, 0) is 31.9 Å². The number of fused-ring (bicyclic) bond motifs is 1. The summed E-state index contributed by atoms with van der Waals surface area (Å²) < 4.78 is 1.84. The van der Waals surface area contributed by atoms with Crippen LogP contribution in [0.15, 0.2) is 18.2 Å². The van der Waals surface area contributed by atoms with E-state index in [2.05, 4.69) is 35.5 Å². The molecule has 26 heavy (non-hydrogen) atoms. The Kier molecular flexibility index (Phi) is 4.42. The van der Waals surface area contributed by atoms with Gasteiger partial charge in [-0.2, -0.15) is 5.10 Å². The van der Waals surface area contributed by atoms with Crippen molar-refractivity contribution in [2.24, 2.45) is 13.0 Å². The van der Waals surface area contributed by atoms with E-state index in [1.54, 1.807) is 0 Å². The van der Waals surface area contributed by atoms with E-state index in [-0.39, 0.29) is 17.7 Å². The molecule has 1 saturated carbocycles. The first-order valence-corrected chi connectivity index (χ1v) is 9.52. The summed E-state index contributed by atoms with van der Waals surface area (Å²) in [6.45, 7) is 3.02. The minimum atomic E-state index is -0.236. The summed E-state index contributed by atoms with van der Waals surface area (Å²) in [5.74, 6) is -0.138. The first kappa shape index (κ1) is 17.1. The Morgan fingerprint density at radius 1 is 1.31 bits per heavy atom. The minimum absolute atomic E-state index is 0.0368. The zero-order valence-corrected chi connectivity index (χ0v) is 15.5. The topological polar surface area (TPSA) is 67.2 Å². The Labute approximate surface area is 153 Å². The molecule has 1 aliphatic heterocycles. The van der Waals surface area contributed by atoms with Crippen LogP contribution >= 0.6 is 0 Å². The number of carbonyl (C=O) groups is 2. The summed E-state index contributed by atoms with van der Waals surface area (Å²) in [6.07, 6.45) is 4.89. The summed E-state index contributed by atoms with van der Waals surface area (Å²) in [4.78, 5) is 26.8. The van der Waals surface area contributed by atoms with Crippen molar-refractivity contribution in [2.75, 3.05) is 6.54 Å². The number of benzene rings is 1. The molecule has 1 saturated heterocycles. The van der Waals surface area contributed by atoms with Crippen LogP contribution in [0.3, 0.4) is 0 Å². The van der Waals surface area contributed by atoms with E-state index >= 15 is 0 Å². The van der Waals surface area contributed by atoms with Gasteiger partial charge in [0.1, 0.15) is 0 Å². The second kappa shape index (κ2) is 6.74. The summed E-state index contributed by atoms with van der Waals surface area (Å²) in [5, 5.41) is 8.62. The molecule has 0 spiro atoms. The van der Waals surface area contributed by atoms with Crippen LogP contribution in [-0.2, 0) is 23.2 Å². The zero-order valence-electron chi connectivity index (χ0n) is 15.5. The standard InChI is InChI=1S/C20H26N4O2/c1-13-7-8-18-16(9-13)17(22-23(18)2)11-21-20(26)14-10-19(25)24(12-14)15-5-3-4-6-15/h7-9,14-15H,3-6,10-12H2,1-2H3,(H,21,26)/t14-/m1/s1. The minimum Gasteiger partial charge on any atom is -0.350 e. The van der Waals surface area contributed by atoms with Crippen LogP contribution in [0.25, 0.3) is 10.9 Å². The van der Waals surface area contributed by atoms with Gasteiger partial charge >= 0.3 is 0 Å². The van der Waals surface area contributed by atoms with Crippen LogP contribution in [0.4, 0.5) is 0 Å². The van der Waals surface area contributed by atoms with Crippen LogP contribution in [0, 0.1) is 12.8 Å². The Morgan fingerprint density at radius 2 is 2.08 bits per heavy atom. The van der Waals surface area contributed by atoms with Gasteiger partial charge in [-0.1, -0.05) is 24.5 Å². The number of hydrogen-bond donors (Lipinski definition) is 1. The fourth-order valence-electron chi connectivity index (χ4n) is 4.37. The maximum absolute atomic E-state index is 12.6. The highest BCUT2D eigenvalue weighted by molar-refractivity contribution is 5.90. The summed E-state index contributed by atoms with van der Waals surface area (Å²) in [5.41, 5.74) is 3.10. The lowest BCUT2D eigenvalue weighted by atomic mass is 10.1. The predicted molar refractivity (Wildman–Crippen MR) is 99.4 cm³/mol. The van der Waals surface area contributed by atoms with Crippen LogP contribution < -0.4 is 5.32 Å². The molecule has 2 aromatic rings. The maximum Gasteiger partial charge on any atom is 0.225 e. The van der Waals surface area contributed by atoms with Crippen molar-refractivity contribution in [1.82, 2.24) is 20.0 Å². The summed E-state index contributed by atoms with van der Waals surface area (Å²) >= 11 is 0. The molecule has 0 radical (unpaired) electrons. The molecule has 0 bridgehead atoms. The third-order valence-corrected chi connectivity index (χ3v) is 5.81. The number of hydrogen-bond acceptors (Lipinski definition) is 3. The lowest BCUT2D eigenvalue weighted by Gasteiger charge is -2.23. The second-order valence-corrected chi connectivity index (χ2v) is 7.69. The molecule has 2 heterocycles. The molecule has 4 rings (SSSR count). The number of nitrogens with zero attached hydrogens (tertiary/aromatic N) is 3. The van der Waals surface area contributed by atoms with Gasteiger partial charge in [0.05, 0.1) is 23.7 Å². The fraction of sp³-hybridized carbons (Fsp3) is 0.550. The molecule has 2 aliphatic rings. The Morgan fingerprint density at radius 3 is 2.85 bits per heavy atom. The van der Waals surface area contributed by atoms with Gasteiger partial charge < -0.3 is 10.2 Å². The second-order valence-electron chi connectivity index (χ2n) is 7.69. The fourth-order valence-corrected chi connectivity index (χ4v) is 4.37. The van der Waals surface area contributed by atoms with Crippen molar-refractivity contribution >= 4 is 22.7 Å². The molecule has 1 N–H and O–H groups in total. The molecular formula is C20H26N4O2. The lowest BCUT2D eigenvalue weighted by molar-refractivity contribution is -0.130. The first-order chi connectivity index (χ1) is 12.5. The lowest BCUT2D eigenvalue weighted by Crippen LogP contribution is -2.36. The van der Waals surface area contributed by atoms with Gasteiger partial charge in [0.25, 0.3) is 0 Å². The van der Waals surface area contributed by atoms with Crippen molar-refractivity contribution in [2.45, 2.75) is 51.6 Å². The van der Waals surface area contributed by atoms with E-state index in [0.717, 1.165) is 29.4 Å². The highest BCUT2D eigenvalue weighted by atomic mass is 16.2. The van der Waals surface area contributed by atoms with Crippen LogP contribution in [0.1, 0.15) is 43.4 Å². The monoisotopic (exact) mass is 354 g/mol. The molecule has 6 heteroatoms. The zero-order chi connectivity index (χ0) is 18.3. The molecule has 2 fully saturated rings. The van der Waals surface area contributed by atoms with Crippen LogP contribution in [0.2, 0.25) is 0 Å². The molecule has 1 aliphatic carbocycles. The maximum atomic E-state index is 12.6. The van der Waals surface area contributed by atoms with Crippen molar-refractivity contribution in [1.29, 1.82) is 0 Å². The third-order valence-electron chi connectivity index (χ3n) is 5.81. The predicted octanol–water partition coefficient (Wildman–Crippen LogP) is 2.29. The molecule has 2 amide bonds.